The lowest BCUT2D eigenvalue weighted by Gasteiger charge is -2.28. The highest BCUT2D eigenvalue weighted by Gasteiger charge is 2.39. The second-order valence-corrected chi connectivity index (χ2v) is 12.9. The van der Waals surface area contributed by atoms with E-state index in [0.29, 0.717) is 42.9 Å². The molecule has 3 aliphatic heterocycles. The Kier molecular flexibility index (Phi) is 8.23. The molecule has 0 aliphatic carbocycles. The van der Waals surface area contributed by atoms with Gasteiger partial charge in [-0.3, -0.25) is 10.2 Å². The van der Waals surface area contributed by atoms with Crippen LogP contribution in [0.1, 0.15) is 32.1 Å². The zero-order valence-corrected chi connectivity index (χ0v) is 25.6. The number of hydrogen-bond donors (Lipinski definition) is 3. The number of pyridine rings is 1. The van der Waals surface area contributed by atoms with Crippen LogP contribution >= 0.6 is 11.8 Å². The molecule has 0 spiro atoms. The van der Waals surface area contributed by atoms with Crippen LogP contribution in [0.25, 0.3) is 5.70 Å². The van der Waals surface area contributed by atoms with Crippen LogP contribution in [0.15, 0.2) is 58.2 Å². The lowest BCUT2D eigenvalue weighted by atomic mass is 9.93. The van der Waals surface area contributed by atoms with Crippen LogP contribution < -0.4 is 20.3 Å². The monoisotopic (exact) mass is 607 g/mol. The van der Waals surface area contributed by atoms with E-state index in [1.807, 2.05) is 57.2 Å². The van der Waals surface area contributed by atoms with Crippen LogP contribution in [0.5, 0.6) is 5.88 Å². The Morgan fingerprint density at radius 1 is 1.16 bits per heavy atom. The summed E-state index contributed by atoms with van der Waals surface area (Å²) in [6.07, 6.45) is 1.52. The van der Waals surface area contributed by atoms with Gasteiger partial charge in [0.2, 0.25) is 5.88 Å². The zero-order valence-electron chi connectivity index (χ0n) is 24.7. The second-order valence-electron chi connectivity index (χ2n) is 11.8. The van der Waals surface area contributed by atoms with Gasteiger partial charge in [-0.1, -0.05) is 49.8 Å². The van der Waals surface area contributed by atoms with Crippen molar-refractivity contribution in [3.05, 3.63) is 60.0 Å². The van der Waals surface area contributed by atoms with E-state index in [4.69, 9.17) is 19.0 Å². The molecular formula is C30H37N7O5S. The first-order valence-electron chi connectivity index (χ1n) is 14.3. The molecule has 2 aromatic heterocycles. The molecule has 3 aromatic rings. The minimum atomic E-state index is -0.591. The van der Waals surface area contributed by atoms with Crippen molar-refractivity contribution >= 4 is 40.7 Å². The molecule has 0 saturated carbocycles. The van der Waals surface area contributed by atoms with Gasteiger partial charge in [-0.2, -0.15) is 0 Å². The Hall–Kier alpha value is -3.78. The number of aromatic nitrogens is 2. The largest absolute Gasteiger partial charge is 0.475 e. The van der Waals surface area contributed by atoms with Crippen molar-refractivity contribution in [1.82, 2.24) is 19.9 Å². The molecule has 2 unspecified atom stereocenters. The lowest BCUT2D eigenvalue weighted by molar-refractivity contribution is 0.00418. The number of hydrogen-bond acceptors (Lipinski definition) is 11. The SMILES string of the molecule is CN1C(c2ccc(NC(=O)Nc3cc(C(C)(C)C)on3)cc2)=CN2c3ccc(OCC(O)CN4CCOCC4)nc3SC12. The normalized spacial score (nSPS) is 19.1. The third kappa shape index (κ3) is 6.59. The Balaban J connectivity index is 1.05. The number of amides is 2. The van der Waals surface area contributed by atoms with Crippen molar-refractivity contribution in [3.8, 4) is 5.88 Å². The van der Waals surface area contributed by atoms with E-state index in [2.05, 4.69) is 43.7 Å². The molecule has 3 aliphatic rings. The quantitative estimate of drug-likeness (QED) is 0.340. The maximum Gasteiger partial charge on any atom is 0.324 e. The molecule has 12 nitrogen and oxygen atoms in total. The number of urea groups is 1. The second kappa shape index (κ2) is 12.1. The molecule has 0 radical (unpaired) electrons. The van der Waals surface area contributed by atoms with Crippen LogP contribution in [0.3, 0.4) is 0 Å². The average Bonchev–Trinajstić information content (AvgIpc) is 3.68. The molecule has 5 heterocycles. The molecule has 0 bridgehead atoms. The van der Waals surface area contributed by atoms with E-state index in [1.54, 1.807) is 17.8 Å². The van der Waals surface area contributed by atoms with Gasteiger partial charge in [0.05, 0.1) is 24.6 Å². The number of ether oxygens (including phenoxy) is 2. The number of β-amino-alcohol motifs (C(OH)–C–C–N with tert-alkyl or cyclic N) is 1. The number of morpholine rings is 1. The molecule has 43 heavy (non-hydrogen) atoms. The highest BCUT2D eigenvalue weighted by atomic mass is 32.2. The van der Waals surface area contributed by atoms with Crippen LogP contribution in [0.2, 0.25) is 0 Å². The summed E-state index contributed by atoms with van der Waals surface area (Å²) in [6.45, 7) is 9.85. The zero-order chi connectivity index (χ0) is 30.1. The summed E-state index contributed by atoms with van der Waals surface area (Å²) < 4.78 is 16.5. The number of nitrogens with one attached hydrogen (secondary N) is 2. The Morgan fingerprint density at radius 2 is 1.93 bits per heavy atom. The first-order valence-corrected chi connectivity index (χ1v) is 15.2. The molecular weight excluding hydrogens is 570 g/mol. The Labute approximate surface area is 255 Å². The van der Waals surface area contributed by atoms with Gasteiger partial charge in [-0.25, -0.2) is 9.78 Å². The highest BCUT2D eigenvalue weighted by molar-refractivity contribution is 8.00. The van der Waals surface area contributed by atoms with Gasteiger partial charge in [0.25, 0.3) is 0 Å². The fourth-order valence-corrected chi connectivity index (χ4v) is 6.28. The third-order valence-electron chi connectivity index (χ3n) is 7.45. The lowest BCUT2D eigenvalue weighted by Crippen LogP contribution is -2.42. The van der Waals surface area contributed by atoms with Crippen LogP contribution in [-0.2, 0) is 10.2 Å². The van der Waals surface area contributed by atoms with Gasteiger partial charge >= 0.3 is 6.03 Å². The van der Waals surface area contributed by atoms with Crippen LogP contribution in [0, 0.1) is 0 Å². The standard InChI is InChI=1S/C30H37N7O5S/c1-30(2,3)24-15-25(34-42-24)32-28(39)31-20-7-5-19(6-8-20)23-17-37-22-9-10-26(33-27(22)43-29(37)35(23)4)41-18-21(38)16-36-11-13-40-14-12-36/h5-10,15,17,21,29,38H,11-14,16,18H2,1-4H3,(H2,31,32,34,39). The number of rotatable bonds is 8. The number of carbonyl (C=O) groups excluding carboxylic acids is 1. The molecule has 1 saturated heterocycles. The van der Waals surface area contributed by atoms with Crippen molar-refractivity contribution in [2.75, 3.05) is 62.0 Å². The summed E-state index contributed by atoms with van der Waals surface area (Å²) in [5.41, 5.74) is 3.59. The smallest absolute Gasteiger partial charge is 0.324 e. The number of benzene rings is 1. The maximum absolute atomic E-state index is 12.5. The molecule has 13 heteroatoms. The van der Waals surface area contributed by atoms with Crippen molar-refractivity contribution in [1.29, 1.82) is 0 Å². The van der Waals surface area contributed by atoms with Gasteiger partial charge < -0.3 is 34.2 Å². The molecule has 2 amide bonds. The fourth-order valence-electron chi connectivity index (χ4n) is 5.08. The predicted molar refractivity (Wildman–Crippen MR) is 165 cm³/mol. The summed E-state index contributed by atoms with van der Waals surface area (Å²) >= 11 is 1.65. The van der Waals surface area contributed by atoms with Gasteiger partial charge in [0.1, 0.15) is 23.5 Å². The van der Waals surface area contributed by atoms with Crippen molar-refractivity contribution in [3.63, 3.8) is 0 Å². The summed E-state index contributed by atoms with van der Waals surface area (Å²) in [7, 11) is 2.05. The van der Waals surface area contributed by atoms with Gasteiger partial charge in [-0.05, 0) is 23.8 Å². The predicted octanol–water partition coefficient (Wildman–Crippen LogP) is 4.22. The highest BCUT2D eigenvalue weighted by Crippen LogP contribution is 2.49. The third-order valence-corrected chi connectivity index (χ3v) is 8.72. The molecule has 2 atom stereocenters. The van der Waals surface area contributed by atoms with Gasteiger partial charge in [0, 0.05) is 56.1 Å². The first kappa shape index (κ1) is 29.3. The van der Waals surface area contributed by atoms with E-state index >= 15 is 0 Å². The summed E-state index contributed by atoms with van der Waals surface area (Å²) in [5.74, 6) is 1.57. The summed E-state index contributed by atoms with van der Waals surface area (Å²) in [6, 6.07) is 12.9. The topological polar surface area (TPSA) is 128 Å². The molecule has 6 rings (SSSR count). The Morgan fingerprint density at radius 3 is 2.65 bits per heavy atom. The van der Waals surface area contributed by atoms with Gasteiger partial charge in [-0.15, -0.1) is 0 Å². The van der Waals surface area contributed by atoms with Crippen molar-refractivity contribution in [2.45, 2.75) is 42.8 Å². The molecule has 3 N–H and O–H groups in total. The van der Waals surface area contributed by atoms with Gasteiger partial charge in [0.15, 0.2) is 11.3 Å². The summed E-state index contributed by atoms with van der Waals surface area (Å²) in [4.78, 5) is 23.8. The van der Waals surface area contributed by atoms with Crippen molar-refractivity contribution < 1.29 is 23.9 Å². The average molecular weight is 608 g/mol. The van der Waals surface area contributed by atoms with Crippen LogP contribution in [-0.4, -0.2) is 89.2 Å². The number of nitrogens with zero attached hydrogens (tertiary/aromatic N) is 5. The van der Waals surface area contributed by atoms with E-state index in [1.165, 1.54) is 0 Å². The fraction of sp³-hybridized carbons (Fsp3) is 0.433. The number of thioether (sulfide) groups is 1. The van der Waals surface area contributed by atoms with E-state index in [9.17, 15) is 9.90 Å². The summed E-state index contributed by atoms with van der Waals surface area (Å²) in [5, 5.41) is 20.8. The van der Waals surface area contributed by atoms with Crippen LogP contribution in [0.4, 0.5) is 22.0 Å². The Bertz CT molecular complexity index is 1480. The number of aliphatic hydroxyl groups is 1. The minimum Gasteiger partial charge on any atom is -0.475 e. The molecule has 228 valence electrons. The molecule has 1 aromatic carbocycles. The number of carbonyl (C=O) groups is 1. The number of anilines is 3. The maximum atomic E-state index is 12.5. The molecule has 1 fully saturated rings. The van der Waals surface area contributed by atoms with Crippen molar-refractivity contribution in [2.24, 2.45) is 0 Å². The van der Waals surface area contributed by atoms with E-state index in [0.717, 1.165) is 35.1 Å². The minimum absolute atomic E-state index is 0.0312. The number of aliphatic hydroxyl groups excluding tert-OH is 1. The van der Waals surface area contributed by atoms with E-state index < -0.39 is 12.1 Å². The van der Waals surface area contributed by atoms with E-state index in [-0.39, 0.29) is 17.5 Å². The first-order chi connectivity index (χ1) is 20.6. The number of fused-ring (bicyclic) bond motifs is 3.